The topological polar surface area (TPSA) is 71.0 Å². The van der Waals surface area contributed by atoms with Gasteiger partial charge in [0.15, 0.2) is 5.17 Å². The van der Waals surface area contributed by atoms with E-state index in [1.807, 2.05) is 30.3 Å². The van der Waals surface area contributed by atoms with Crippen LogP contribution in [0.5, 0.6) is 5.75 Å². The molecule has 1 aliphatic heterocycles. The molecule has 36 heavy (non-hydrogen) atoms. The number of rotatable bonds is 7. The van der Waals surface area contributed by atoms with Gasteiger partial charge in [-0.1, -0.05) is 53.7 Å². The number of ether oxygens (including phenoxy) is 1. The van der Waals surface area contributed by atoms with E-state index >= 15 is 0 Å². The fourth-order valence-corrected chi connectivity index (χ4v) is 4.66. The second-order valence-corrected chi connectivity index (χ2v) is 9.75. The fraction of sp³-hybridized carbons (Fsp3) is 0.160. The minimum atomic E-state index is -3.84. The number of benzene rings is 3. The number of amides is 2. The Morgan fingerprint density at radius 3 is 2.39 bits per heavy atom. The van der Waals surface area contributed by atoms with Crippen LogP contribution >= 0.6 is 35.0 Å². The second-order valence-electron chi connectivity index (χ2n) is 7.71. The highest BCUT2D eigenvalue weighted by atomic mass is 35.5. The van der Waals surface area contributed by atoms with Gasteiger partial charge in [-0.2, -0.15) is 0 Å². The average molecular weight is 550 g/mol. The highest BCUT2D eigenvalue weighted by Gasteiger charge is 2.36. The molecule has 0 unspecified atom stereocenters. The summed E-state index contributed by atoms with van der Waals surface area (Å²) in [6.07, 6.45) is -0.0203. The van der Waals surface area contributed by atoms with Crippen molar-refractivity contribution < 1.29 is 23.1 Å². The van der Waals surface area contributed by atoms with Gasteiger partial charge in [-0.3, -0.25) is 14.5 Å². The second kappa shape index (κ2) is 11.3. The SMILES string of the molecule is O=C(Nc1ccc(Cl)cc1)[C@@H]1CC(=O)N(Cc2ccccc2)C(=Nc2ccc(OC(F)(F)Cl)cc2)S1. The van der Waals surface area contributed by atoms with Crippen molar-refractivity contribution in [2.24, 2.45) is 4.99 Å². The maximum atomic E-state index is 13.1. The van der Waals surface area contributed by atoms with Crippen LogP contribution < -0.4 is 10.1 Å². The fourth-order valence-electron chi connectivity index (χ4n) is 3.35. The Labute approximate surface area is 220 Å². The molecule has 0 radical (unpaired) electrons. The minimum absolute atomic E-state index is 0.0203. The Bertz CT molecular complexity index is 1250. The normalized spacial score (nSPS) is 17.2. The van der Waals surface area contributed by atoms with Crippen LogP contribution in [0, 0.1) is 0 Å². The number of hydrogen-bond donors (Lipinski definition) is 1. The molecule has 0 aromatic heterocycles. The van der Waals surface area contributed by atoms with Crippen LogP contribution in [-0.2, 0) is 16.1 Å². The van der Waals surface area contributed by atoms with E-state index in [0.717, 1.165) is 17.3 Å². The number of aliphatic imine (C=N–C) groups is 1. The van der Waals surface area contributed by atoms with Crippen LogP contribution in [0.1, 0.15) is 12.0 Å². The minimum Gasteiger partial charge on any atom is -0.420 e. The van der Waals surface area contributed by atoms with Gasteiger partial charge in [-0.15, -0.1) is 8.78 Å². The van der Waals surface area contributed by atoms with Crippen LogP contribution in [0.3, 0.4) is 0 Å². The van der Waals surface area contributed by atoms with Gasteiger partial charge in [0.2, 0.25) is 11.8 Å². The first kappa shape index (κ1) is 25.9. The van der Waals surface area contributed by atoms with Gasteiger partial charge in [0.25, 0.3) is 0 Å². The van der Waals surface area contributed by atoms with Crippen LogP contribution in [-0.4, -0.2) is 32.7 Å². The molecule has 4 rings (SSSR count). The lowest BCUT2D eigenvalue weighted by Crippen LogP contribution is -2.44. The summed E-state index contributed by atoms with van der Waals surface area (Å²) in [5.41, 5.74) is -2.02. The highest BCUT2D eigenvalue weighted by molar-refractivity contribution is 8.15. The third-order valence-corrected chi connectivity index (χ3v) is 6.54. The van der Waals surface area contributed by atoms with Crippen LogP contribution in [0.15, 0.2) is 83.9 Å². The van der Waals surface area contributed by atoms with Gasteiger partial charge in [-0.05, 0) is 54.1 Å². The molecular weight excluding hydrogens is 531 g/mol. The van der Waals surface area contributed by atoms with Gasteiger partial charge < -0.3 is 10.1 Å². The first-order valence-corrected chi connectivity index (χ1v) is 12.3. The van der Waals surface area contributed by atoms with Crippen LogP contribution in [0.2, 0.25) is 5.02 Å². The predicted octanol–water partition coefficient (Wildman–Crippen LogP) is 6.67. The molecule has 3 aromatic carbocycles. The van der Waals surface area contributed by atoms with Crippen molar-refractivity contribution in [2.45, 2.75) is 23.8 Å². The molecule has 3 aromatic rings. The van der Waals surface area contributed by atoms with Crippen LogP contribution in [0.4, 0.5) is 20.2 Å². The molecule has 1 atom stereocenters. The molecule has 1 heterocycles. The maximum absolute atomic E-state index is 13.1. The molecule has 0 spiro atoms. The lowest BCUT2D eigenvalue weighted by atomic mass is 10.2. The van der Waals surface area contributed by atoms with Gasteiger partial charge in [-0.25, -0.2) is 4.99 Å². The van der Waals surface area contributed by atoms with Crippen molar-refractivity contribution in [3.63, 3.8) is 0 Å². The molecule has 1 N–H and O–H groups in total. The molecule has 0 bridgehead atoms. The molecule has 186 valence electrons. The number of nitrogens with zero attached hydrogens (tertiary/aromatic N) is 2. The van der Waals surface area contributed by atoms with E-state index in [1.54, 1.807) is 24.3 Å². The van der Waals surface area contributed by atoms with E-state index in [2.05, 4.69) is 15.0 Å². The summed E-state index contributed by atoms with van der Waals surface area (Å²) in [7, 11) is 0. The van der Waals surface area contributed by atoms with E-state index in [0.29, 0.717) is 21.6 Å². The van der Waals surface area contributed by atoms with Crippen molar-refractivity contribution in [2.75, 3.05) is 5.32 Å². The molecule has 0 saturated carbocycles. The summed E-state index contributed by atoms with van der Waals surface area (Å²) in [6.45, 7) is 0.261. The zero-order valence-corrected chi connectivity index (χ0v) is 20.9. The number of alkyl halides is 3. The van der Waals surface area contributed by atoms with Crippen molar-refractivity contribution in [1.29, 1.82) is 0 Å². The van der Waals surface area contributed by atoms with Gasteiger partial charge in [0.1, 0.15) is 11.0 Å². The highest BCUT2D eigenvalue weighted by Crippen LogP contribution is 2.32. The molecule has 1 saturated heterocycles. The van der Waals surface area contributed by atoms with E-state index in [9.17, 15) is 18.4 Å². The van der Waals surface area contributed by atoms with E-state index < -0.39 is 10.8 Å². The molecule has 1 aliphatic rings. The van der Waals surface area contributed by atoms with Crippen molar-refractivity contribution in [1.82, 2.24) is 4.90 Å². The molecular formula is C25H19Cl2F2N3O3S. The zero-order valence-electron chi connectivity index (χ0n) is 18.5. The van der Waals surface area contributed by atoms with Gasteiger partial charge >= 0.3 is 5.57 Å². The number of amidine groups is 1. The van der Waals surface area contributed by atoms with Crippen LogP contribution in [0.25, 0.3) is 0 Å². The maximum Gasteiger partial charge on any atom is 0.487 e. The van der Waals surface area contributed by atoms with Crippen molar-refractivity contribution in [3.05, 3.63) is 89.4 Å². The van der Waals surface area contributed by atoms with E-state index in [4.69, 9.17) is 23.2 Å². The summed E-state index contributed by atoms with van der Waals surface area (Å²) in [4.78, 5) is 32.1. The van der Waals surface area contributed by atoms with Gasteiger partial charge in [0, 0.05) is 28.7 Å². The summed E-state index contributed by atoms with van der Waals surface area (Å²) in [5.74, 6) is -0.766. The predicted molar refractivity (Wildman–Crippen MR) is 138 cm³/mol. The summed E-state index contributed by atoms with van der Waals surface area (Å²) in [6, 6.07) is 21.5. The number of halogens is 4. The van der Waals surface area contributed by atoms with Crippen molar-refractivity contribution >= 4 is 63.3 Å². The van der Waals surface area contributed by atoms with Gasteiger partial charge in [0.05, 0.1) is 12.2 Å². The Morgan fingerprint density at radius 1 is 1.08 bits per heavy atom. The van der Waals surface area contributed by atoms with E-state index in [-0.39, 0.29) is 30.5 Å². The first-order valence-electron chi connectivity index (χ1n) is 10.7. The first-order chi connectivity index (χ1) is 17.2. The molecule has 6 nitrogen and oxygen atoms in total. The Morgan fingerprint density at radius 2 is 1.75 bits per heavy atom. The number of nitrogens with one attached hydrogen (secondary N) is 1. The smallest absolute Gasteiger partial charge is 0.420 e. The molecule has 2 amide bonds. The summed E-state index contributed by atoms with van der Waals surface area (Å²) in [5, 5.41) is 2.91. The third kappa shape index (κ3) is 7.19. The summed E-state index contributed by atoms with van der Waals surface area (Å²) < 4.78 is 30.1. The monoisotopic (exact) mass is 549 g/mol. The number of thioether (sulfide) groups is 1. The third-order valence-electron chi connectivity index (χ3n) is 5.02. The largest absolute Gasteiger partial charge is 0.487 e. The molecule has 11 heteroatoms. The molecule has 1 fully saturated rings. The Balaban J connectivity index is 1.58. The molecule has 0 aliphatic carbocycles. The average Bonchev–Trinajstić information content (AvgIpc) is 2.83. The Kier molecular flexibility index (Phi) is 8.13. The number of carbonyl (C=O) groups excluding carboxylic acids is 2. The lowest BCUT2D eigenvalue weighted by Gasteiger charge is -2.32. The Hall–Kier alpha value is -3.14. The number of hydrogen-bond acceptors (Lipinski definition) is 5. The standard InChI is InChI=1S/C25H19Cl2F2N3O3S/c26-17-6-8-18(9-7-17)30-23(34)21-14-22(33)32(15-16-4-2-1-3-5-16)24(36-21)31-19-10-12-20(13-11-19)35-25(27,28)29/h1-13,21H,14-15H2,(H,30,34)/t21-/m0/s1. The summed E-state index contributed by atoms with van der Waals surface area (Å²) >= 11 is 11.9. The number of anilines is 1. The quantitative estimate of drug-likeness (QED) is 0.334. The zero-order chi connectivity index (χ0) is 25.7. The lowest BCUT2D eigenvalue weighted by molar-refractivity contribution is -0.129. The number of carbonyl (C=O) groups is 2. The van der Waals surface area contributed by atoms with Crippen molar-refractivity contribution in [3.8, 4) is 5.75 Å². The van der Waals surface area contributed by atoms with E-state index in [1.165, 1.54) is 29.2 Å².